The first-order valence-electron chi connectivity index (χ1n) is 32.2. The van der Waals surface area contributed by atoms with Gasteiger partial charge in [0.05, 0.1) is 19.8 Å². The first kappa shape index (κ1) is 103. The average Bonchev–Trinajstić information content (AvgIpc) is 4.40. The first-order valence-corrected chi connectivity index (χ1v) is 34.5. The maximum atomic E-state index is 5.13. The molecule has 13 saturated heterocycles. The second-order valence-electron chi connectivity index (χ2n) is 21.0. The summed E-state index contributed by atoms with van der Waals surface area (Å²) in [5.74, 6) is 5.67. The zero-order valence-corrected chi connectivity index (χ0v) is 50.9. The predicted octanol–water partition coefficient (Wildman–Crippen LogP) is 16.0. The molecule has 0 bridgehead atoms. The molecule has 0 aromatic heterocycles. The lowest BCUT2D eigenvalue weighted by molar-refractivity contribution is 0.0692. The number of thioether (sulfide) groups is 2. The van der Waals surface area contributed by atoms with Crippen molar-refractivity contribution in [2.75, 3.05) is 187 Å². The summed E-state index contributed by atoms with van der Waals surface area (Å²) < 4.78 is 24.6. The molecule has 0 amide bonds. The van der Waals surface area contributed by atoms with Crippen molar-refractivity contribution in [2.24, 2.45) is 0 Å². The van der Waals surface area contributed by atoms with Crippen LogP contribution in [-0.2, 0) is 23.7 Å². The second kappa shape index (κ2) is 99.4. The van der Waals surface area contributed by atoms with Crippen LogP contribution in [0.1, 0.15) is 266 Å². The molecule has 13 rings (SSSR count). The van der Waals surface area contributed by atoms with Gasteiger partial charge in [-0.2, -0.15) is 23.5 Å². The summed E-state index contributed by atoms with van der Waals surface area (Å²) in [6.45, 7) is 27.5. The number of hydrogen-bond donors (Lipinski definition) is 8. The largest absolute Gasteiger partial charge is 0.381 e. The van der Waals surface area contributed by atoms with Crippen molar-refractivity contribution in [2.45, 2.75) is 266 Å². The Kier molecular flexibility index (Phi) is 122. The number of ether oxygens (including phenoxy) is 5. The van der Waals surface area contributed by atoms with E-state index in [9.17, 15) is 0 Å². The lowest BCUT2D eigenvalue weighted by Gasteiger charge is -2.08. The number of rotatable bonds is 0. The van der Waals surface area contributed by atoms with Crippen LogP contribution < -0.4 is 42.5 Å². The van der Waals surface area contributed by atoms with Gasteiger partial charge in [0.2, 0.25) is 0 Å². The minimum atomic E-state index is 0. The van der Waals surface area contributed by atoms with Crippen molar-refractivity contribution in [3.05, 3.63) is 0 Å². The first-order chi connectivity index (χ1) is 37.5. The van der Waals surface area contributed by atoms with Gasteiger partial charge >= 0.3 is 0 Å². The molecule has 84 heavy (non-hydrogen) atoms. The Hall–Kier alpha value is 0.180. The van der Waals surface area contributed by atoms with E-state index < -0.39 is 0 Å². The van der Waals surface area contributed by atoms with E-state index in [0.717, 1.165) is 65.9 Å². The van der Waals surface area contributed by atoms with E-state index in [1.807, 2.05) is 0 Å². The van der Waals surface area contributed by atoms with Gasteiger partial charge in [-0.05, 0) is 275 Å². The second-order valence-corrected chi connectivity index (χ2v) is 23.4. The van der Waals surface area contributed by atoms with Crippen LogP contribution >= 0.6 is 23.5 Å². The summed E-state index contributed by atoms with van der Waals surface area (Å²) in [5.41, 5.74) is 0. The standard InChI is InChI=1S/C6H13N.C5H11NO.4C5H11N.C5H10O.C5H10S.2C4H9N.C4H8O.C4H8S.C3H6O2.9CH4/c1-2-4-6-7-5-3-1;1-2-6-3-5-7-4-1;6*1-2-4-6-5-3-1;4*1-2-4-5-3-1;1-2-5-3-4-1;;;;;;;;;/h7H,1-6H2;6H,1-5H2;4*6H,1-5H2;2*1-5H2;2*5H,1-4H2;2*1-4H2;1-3H2;9*1H4. The Balaban J connectivity index is -0.000000103. The van der Waals surface area contributed by atoms with Gasteiger partial charge in [0, 0.05) is 39.6 Å². The highest BCUT2D eigenvalue weighted by atomic mass is 32.2. The highest BCUT2D eigenvalue weighted by Gasteiger charge is 2.01. The van der Waals surface area contributed by atoms with Crippen molar-refractivity contribution in [1.29, 1.82) is 0 Å². The zero-order valence-electron chi connectivity index (χ0n) is 49.3. The van der Waals surface area contributed by atoms with Crippen LogP contribution in [0.25, 0.3) is 0 Å². The van der Waals surface area contributed by atoms with Crippen molar-refractivity contribution < 1.29 is 23.7 Å². The fourth-order valence-electron chi connectivity index (χ4n) is 8.80. The van der Waals surface area contributed by atoms with Crippen LogP contribution in [0.3, 0.4) is 0 Å². The molecule has 13 heterocycles. The molecule has 8 N–H and O–H groups in total. The fourth-order valence-corrected chi connectivity index (χ4v) is 10.8. The molecule has 13 aliphatic heterocycles. The molecule has 0 spiro atoms. The summed E-state index contributed by atoms with van der Waals surface area (Å²) in [6.07, 6.45) is 43.1. The summed E-state index contributed by atoms with van der Waals surface area (Å²) >= 11 is 4.17. The van der Waals surface area contributed by atoms with E-state index in [1.54, 1.807) is 0 Å². The summed E-state index contributed by atoms with van der Waals surface area (Å²) in [7, 11) is 0. The molecule has 15 heteroatoms. The van der Waals surface area contributed by atoms with E-state index >= 15 is 0 Å². The Bertz CT molecular complexity index is 657. The molecule has 0 aromatic rings. The third-order valence-electron chi connectivity index (χ3n) is 13.6. The number of hydrogen-bond acceptors (Lipinski definition) is 15. The van der Waals surface area contributed by atoms with E-state index in [4.69, 9.17) is 23.7 Å². The third kappa shape index (κ3) is 95.8. The molecule has 0 aliphatic carbocycles. The van der Waals surface area contributed by atoms with Gasteiger partial charge in [-0.1, -0.05) is 112 Å². The molecule has 0 saturated carbocycles. The summed E-state index contributed by atoms with van der Waals surface area (Å²) in [4.78, 5) is 0. The molecule has 522 valence electrons. The third-order valence-corrected chi connectivity index (χ3v) is 15.9. The van der Waals surface area contributed by atoms with Gasteiger partial charge in [-0.25, -0.2) is 0 Å². The molecule has 0 unspecified atom stereocenters. The van der Waals surface area contributed by atoms with E-state index in [2.05, 4.69) is 66.1 Å². The maximum absolute atomic E-state index is 5.13. The van der Waals surface area contributed by atoms with Gasteiger partial charge in [0.25, 0.3) is 0 Å². The summed E-state index contributed by atoms with van der Waals surface area (Å²) in [5, 5.41) is 26.2. The Morgan fingerprint density at radius 1 is 0.155 bits per heavy atom. The van der Waals surface area contributed by atoms with Crippen molar-refractivity contribution >= 4 is 23.5 Å². The van der Waals surface area contributed by atoms with Crippen LogP contribution in [0.4, 0.5) is 0 Å². The van der Waals surface area contributed by atoms with Crippen molar-refractivity contribution in [3.63, 3.8) is 0 Å². The van der Waals surface area contributed by atoms with Crippen LogP contribution in [0.15, 0.2) is 0 Å². The minimum Gasteiger partial charge on any atom is -0.381 e. The summed E-state index contributed by atoms with van der Waals surface area (Å²) in [6, 6.07) is 0. The Morgan fingerprint density at radius 3 is 0.548 bits per heavy atom. The molecule has 13 fully saturated rings. The fraction of sp³-hybridized carbons (Fsp3) is 1.00. The van der Waals surface area contributed by atoms with Crippen molar-refractivity contribution in [3.8, 4) is 0 Å². The molecule has 0 aromatic carbocycles. The number of nitrogens with one attached hydrogen (secondary N) is 8. The van der Waals surface area contributed by atoms with E-state index in [1.165, 1.54) is 314 Å². The smallest absolute Gasteiger partial charge is 0.146 e. The molecular formula is C69H164N8O5S2. The van der Waals surface area contributed by atoms with E-state index in [-0.39, 0.29) is 66.8 Å². The van der Waals surface area contributed by atoms with Crippen LogP contribution in [0.5, 0.6) is 0 Å². The molecule has 0 radical (unpaired) electrons. The van der Waals surface area contributed by atoms with Gasteiger partial charge < -0.3 is 66.2 Å². The predicted molar refractivity (Wildman–Crippen MR) is 391 cm³/mol. The molecule has 0 atom stereocenters. The van der Waals surface area contributed by atoms with Crippen LogP contribution in [0, 0.1) is 0 Å². The normalized spacial score (nSPS) is 21.4. The van der Waals surface area contributed by atoms with Gasteiger partial charge in [-0.15, -0.1) is 0 Å². The van der Waals surface area contributed by atoms with Gasteiger partial charge in [0.15, 0.2) is 0 Å². The molecule has 13 aliphatic rings. The van der Waals surface area contributed by atoms with Crippen molar-refractivity contribution in [1.82, 2.24) is 42.5 Å². The topological polar surface area (TPSA) is 142 Å². The van der Waals surface area contributed by atoms with Gasteiger partial charge in [-0.3, -0.25) is 0 Å². The SMILES string of the molecule is C.C.C.C.C.C.C.C.C.C1CCCNCC1.C1CCNC1.C1CCNC1.C1CCNCC1.C1CCNCC1.C1CCNCC1.C1CCNCC1.C1CCOC1.C1CCOCC1.C1CCSC1.C1CCSCC1.C1CNCCOC1.C1COCO1. The average molecular weight is 1250 g/mol. The minimum absolute atomic E-state index is 0. The van der Waals surface area contributed by atoms with Gasteiger partial charge in [0.1, 0.15) is 6.79 Å². The van der Waals surface area contributed by atoms with Crippen LogP contribution in [-0.4, -0.2) is 187 Å². The highest BCUT2D eigenvalue weighted by Crippen LogP contribution is 2.15. The molecular weight excluding hydrogens is 1080 g/mol. The quantitative estimate of drug-likeness (QED) is 0.117. The highest BCUT2D eigenvalue weighted by molar-refractivity contribution is 7.99. The number of piperidine rings is 4. The van der Waals surface area contributed by atoms with Crippen LogP contribution in [0.2, 0.25) is 0 Å². The maximum Gasteiger partial charge on any atom is 0.146 e. The Labute approximate surface area is 540 Å². The lowest BCUT2D eigenvalue weighted by Crippen LogP contribution is -2.21. The lowest BCUT2D eigenvalue weighted by atomic mass is 10.2. The zero-order chi connectivity index (χ0) is 53.0. The Morgan fingerprint density at radius 2 is 0.345 bits per heavy atom. The monoisotopic (exact) mass is 1250 g/mol. The molecule has 13 nitrogen and oxygen atoms in total. The van der Waals surface area contributed by atoms with E-state index in [0.29, 0.717) is 6.79 Å².